The third-order valence-electron chi connectivity index (χ3n) is 2.01. The van der Waals surface area contributed by atoms with E-state index in [1.807, 2.05) is 13.0 Å². The first-order valence-corrected chi connectivity index (χ1v) is 5.45. The average Bonchev–Trinajstić information content (AvgIpc) is 2.50. The predicted molar refractivity (Wildman–Crippen MR) is 64.4 cm³/mol. The Hall–Kier alpha value is -1.56. The Kier molecular flexibility index (Phi) is 2.82. The van der Waals surface area contributed by atoms with Crippen LogP contribution in [0.3, 0.4) is 0 Å². The maximum atomic E-state index is 5.78. The van der Waals surface area contributed by atoms with Crippen molar-refractivity contribution in [1.82, 2.24) is 14.8 Å². The van der Waals surface area contributed by atoms with Crippen molar-refractivity contribution in [3.63, 3.8) is 0 Å². The monoisotopic (exact) mass is 282 g/mol. The lowest BCUT2D eigenvalue weighted by molar-refractivity contribution is 0.417. The number of rotatable bonds is 2. The average molecular weight is 283 g/mol. The van der Waals surface area contributed by atoms with Crippen molar-refractivity contribution in [2.75, 3.05) is 5.73 Å². The molecule has 2 aromatic rings. The number of anilines is 1. The highest BCUT2D eigenvalue weighted by atomic mass is 79.9. The second-order valence-corrected chi connectivity index (χ2v) is 4.31. The fourth-order valence-electron chi connectivity index (χ4n) is 1.31. The van der Waals surface area contributed by atoms with Gasteiger partial charge in [-0.3, -0.25) is 0 Å². The van der Waals surface area contributed by atoms with Crippen LogP contribution in [0.5, 0.6) is 11.8 Å². The molecule has 2 rings (SSSR count). The van der Waals surface area contributed by atoms with Gasteiger partial charge in [0.05, 0.1) is 11.4 Å². The summed E-state index contributed by atoms with van der Waals surface area (Å²) in [7, 11) is 1.80. The summed E-state index contributed by atoms with van der Waals surface area (Å²) in [6.07, 6.45) is 1.63. The highest BCUT2D eigenvalue weighted by Crippen LogP contribution is 2.27. The predicted octanol–water partition coefficient (Wildman–Crippen LogP) is 2.26. The molecule has 0 fully saturated rings. The van der Waals surface area contributed by atoms with Crippen LogP contribution in [0.2, 0.25) is 0 Å². The van der Waals surface area contributed by atoms with E-state index in [4.69, 9.17) is 10.5 Å². The number of aromatic nitrogens is 3. The van der Waals surface area contributed by atoms with Crippen LogP contribution >= 0.6 is 15.9 Å². The number of halogens is 1. The van der Waals surface area contributed by atoms with Gasteiger partial charge in [0.15, 0.2) is 0 Å². The second kappa shape index (κ2) is 4.13. The number of hydrogen-bond donors (Lipinski definition) is 1. The summed E-state index contributed by atoms with van der Waals surface area (Å²) in [5, 5.41) is 4.17. The molecule has 0 amide bonds. The topological polar surface area (TPSA) is 66.0 Å². The molecular weight excluding hydrogens is 272 g/mol. The molecule has 0 saturated heterocycles. The smallest absolute Gasteiger partial charge is 0.244 e. The van der Waals surface area contributed by atoms with Crippen molar-refractivity contribution in [2.45, 2.75) is 6.92 Å². The molecule has 0 aliphatic heterocycles. The van der Waals surface area contributed by atoms with Crippen LogP contribution in [-0.2, 0) is 7.05 Å². The third kappa shape index (κ3) is 2.16. The fraction of sp³-hybridized carbons (Fsp3) is 0.200. The molecular formula is C10H11BrN4O. The second-order valence-electron chi connectivity index (χ2n) is 3.40. The first kappa shape index (κ1) is 10.9. The normalized spacial score (nSPS) is 10.4. The van der Waals surface area contributed by atoms with Gasteiger partial charge in [0, 0.05) is 23.8 Å². The SMILES string of the molecule is Cc1cc(Oc2ncc(Br)cc2N)n(C)n1. The molecule has 0 spiro atoms. The summed E-state index contributed by atoms with van der Waals surface area (Å²) in [4.78, 5) is 4.09. The van der Waals surface area contributed by atoms with Gasteiger partial charge in [0.25, 0.3) is 0 Å². The number of pyridine rings is 1. The van der Waals surface area contributed by atoms with E-state index in [-0.39, 0.29) is 0 Å². The van der Waals surface area contributed by atoms with Crippen molar-refractivity contribution in [3.05, 3.63) is 28.5 Å². The Balaban J connectivity index is 2.30. The molecule has 0 aliphatic rings. The fourth-order valence-corrected chi connectivity index (χ4v) is 1.66. The standard InChI is InChI=1S/C10H11BrN4O/c1-6-3-9(15(2)14-6)16-10-8(12)4-7(11)5-13-10/h3-5H,12H2,1-2H3. The van der Waals surface area contributed by atoms with Gasteiger partial charge in [-0.1, -0.05) is 0 Å². The molecule has 2 N–H and O–H groups in total. The zero-order valence-electron chi connectivity index (χ0n) is 8.94. The van der Waals surface area contributed by atoms with Gasteiger partial charge in [0.2, 0.25) is 11.8 Å². The van der Waals surface area contributed by atoms with E-state index in [2.05, 4.69) is 26.0 Å². The van der Waals surface area contributed by atoms with Crippen molar-refractivity contribution in [1.29, 1.82) is 0 Å². The van der Waals surface area contributed by atoms with Crippen molar-refractivity contribution >= 4 is 21.6 Å². The van der Waals surface area contributed by atoms with Crippen LogP contribution in [0.25, 0.3) is 0 Å². The number of aryl methyl sites for hydroxylation is 2. The molecule has 6 heteroatoms. The van der Waals surface area contributed by atoms with Crippen LogP contribution in [-0.4, -0.2) is 14.8 Å². The van der Waals surface area contributed by atoms with E-state index in [1.165, 1.54) is 0 Å². The van der Waals surface area contributed by atoms with E-state index >= 15 is 0 Å². The van der Waals surface area contributed by atoms with E-state index in [1.54, 1.807) is 24.0 Å². The zero-order valence-corrected chi connectivity index (χ0v) is 10.5. The minimum Gasteiger partial charge on any atom is -0.419 e. The Morgan fingerprint density at radius 2 is 2.19 bits per heavy atom. The van der Waals surface area contributed by atoms with Gasteiger partial charge in [-0.25, -0.2) is 9.67 Å². The van der Waals surface area contributed by atoms with E-state index in [9.17, 15) is 0 Å². The Bertz CT molecular complexity index is 524. The Morgan fingerprint density at radius 1 is 1.44 bits per heavy atom. The highest BCUT2D eigenvalue weighted by Gasteiger charge is 2.08. The first-order valence-electron chi connectivity index (χ1n) is 4.66. The molecule has 5 nitrogen and oxygen atoms in total. The van der Waals surface area contributed by atoms with Gasteiger partial charge < -0.3 is 10.5 Å². The number of hydrogen-bond acceptors (Lipinski definition) is 4. The number of ether oxygens (including phenoxy) is 1. The molecule has 2 heterocycles. The molecule has 0 saturated carbocycles. The van der Waals surface area contributed by atoms with Gasteiger partial charge in [0.1, 0.15) is 0 Å². The van der Waals surface area contributed by atoms with Gasteiger partial charge in [-0.15, -0.1) is 0 Å². The molecule has 0 radical (unpaired) electrons. The summed E-state index contributed by atoms with van der Waals surface area (Å²) in [5.41, 5.74) is 7.14. The lowest BCUT2D eigenvalue weighted by atomic mass is 10.4. The molecule has 0 atom stereocenters. The van der Waals surface area contributed by atoms with Crippen LogP contribution in [0.4, 0.5) is 5.69 Å². The first-order chi connectivity index (χ1) is 7.56. The molecule has 0 aliphatic carbocycles. The van der Waals surface area contributed by atoms with Crippen LogP contribution in [0.1, 0.15) is 5.69 Å². The summed E-state index contributed by atoms with van der Waals surface area (Å²) in [6.45, 7) is 1.89. The quantitative estimate of drug-likeness (QED) is 0.918. The number of nitrogens with zero attached hydrogens (tertiary/aromatic N) is 3. The van der Waals surface area contributed by atoms with Crippen molar-refractivity contribution in [3.8, 4) is 11.8 Å². The molecule has 84 valence electrons. The Labute approximate surface area is 101 Å². The Morgan fingerprint density at radius 3 is 2.75 bits per heavy atom. The minimum atomic E-state index is 0.381. The summed E-state index contributed by atoms with van der Waals surface area (Å²) < 4.78 is 8.01. The summed E-state index contributed by atoms with van der Waals surface area (Å²) >= 11 is 3.28. The molecule has 2 aromatic heterocycles. The van der Waals surface area contributed by atoms with Crippen LogP contribution in [0.15, 0.2) is 22.8 Å². The van der Waals surface area contributed by atoms with Crippen molar-refractivity contribution < 1.29 is 4.74 Å². The van der Waals surface area contributed by atoms with Crippen molar-refractivity contribution in [2.24, 2.45) is 7.05 Å². The summed E-state index contributed by atoms with van der Waals surface area (Å²) in [6, 6.07) is 3.56. The van der Waals surface area contributed by atoms with Gasteiger partial charge >= 0.3 is 0 Å². The van der Waals surface area contributed by atoms with Crippen LogP contribution < -0.4 is 10.5 Å². The molecule has 0 unspecified atom stereocenters. The van der Waals surface area contributed by atoms with Crippen LogP contribution in [0, 0.1) is 6.92 Å². The van der Waals surface area contributed by atoms with E-state index in [0.29, 0.717) is 17.4 Å². The maximum absolute atomic E-state index is 5.78. The number of nitrogen functional groups attached to an aromatic ring is 1. The third-order valence-corrected chi connectivity index (χ3v) is 2.44. The molecule has 0 bridgehead atoms. The minimum absolute atomic E-state index is 0.381. The van der Waals surface area contributed by atoms with E-state index < -0.39 is 0 Å². The van der Waals surface area contributed by atoms with E-state index in [0.717, 1.165) is 10.2 Å². The lowest BCUT2D eigenvalue weighted by Crippen LogP contribution is -1.99. The maximum Gasteiger partial charge on any atom is 0.244 e. The molecule has 0 aromatic carbocycles. The largest absolute Gasteiger partial charge is 0.419 e. The molecule has 16 heavy (non-hydrogen) atoms. The van der Waals surface area contributed by atoms with Gasteiger partial charge in [-0.2, -0.15) is 5.10 Å². The highest BCUT2D eigenvalue weighted by molar-refractivity contribution is 9.10. The summed E-state index contributed by atoms with van der Waals surface area (Å²) in [5.74, 6) is 0.991. The van der Waals surface area contributed by atoms with Gasteiger partial charge in [-0.05, 0) is 28.9 Å². The zero-order chi connectivity index (χ0) is 11.7. The number of nitrogens with two attached hydrogens (primary N) is 1. The lowest BCUT2D eigenvalue weighted by Gasteiger charge is -2.06.